The van der Waals surface area contributed by atoms with Gasteiger partial charge in [0, 0.05) is 5.69 Å². The van der Waals surface area contributed by atoms with Crippen LogP contribution in [0.2, 0.25) is 0 Å². The molecule has 4 rings (SSSR count). The number of fused-ring (bicyclic) bond motifs is 1. The van der Waals surface area contributed by atoms with E-state index < -0.39 is 5.91 Å². The molecule has 2 heterocycles. The van der Waals surface area contributed by atoms with E-state index in [2.05, 4.69) is 15.3 Å². The molecule has 2 aromatic carbocycles. The summed E-state index contributed by atoms with van der Waals surface area (Å²) < 4.78 is 1.65. The molecule has 0 radical (unpaired) electrons. The van der Waals surface area contributed by atoms with Crippen LogP contribution in [0, 0.1) is 6.92 Å². The average molecular weight is 371 g/mol. The molecule has 7 nitrogen and oxygen atoms in total. The van der Waals surface area contributed by atoms with E-state index in [-0.39, 0.29) is 22.9 Å². The molecule has 0 saturated carbocycles. The highest BCUT2D eigenvalue weighted by atomic mass is 16.2. The molecule has 28 heavy (non-hydrogen) atoms. The fourth-order valence-electron chi connectivity index (χ4n) is 2.99. The minimum atomic E-state index is -0.703. The molecule has 0 unspecified atom stereocenters. The molecule has 0 bridgehead atoms. The third kappa shape index (κ3) is 3.09. The molecule has 2 aromatic heterocycles. The quantitative estimate of drug-likeness (QED) is 0.575. The van der Waals surface area contributed by atoms with E-state index in [0.717, 1.165) is 11.1 Å². The van der Waals surface area contributed by atoms with Gasteiger partial charge in [-0.3, -0.25) is 14.0 Å². The Bertz CT molecular complexity index is 1200. The summed E-state index contributed by atoms with van der Waals surface area (Å²) in [7, 11) is 0. The summed E-state index contributed by atoms with van der Waals surface area (Å²) in [6.07, 6.45) is 1.48. The number of carbonyl (C=O) groups is 2. The Hall–Kier alpha value is -4.00. The number of carbonyl (C=O) groups excluding carboxylic acids is 2. The minimum Gasteiger partial charge on any atom is -0.364 e. The summed E-state index contributed by atoms with van der Waals surface area (Å²) in [6.45, 7) is 1.91. The van der Waals surface area contributed by atoms with Crippen LogP contribution in [-0.2, 0) is 0 Å². The van der Waals surface area contributed by atoms with Gasteiger partial charge in [-0.25, -0.2) is 9.97 Å². The van der Waals surface area contributed by atoms with Crippen molar-refractivity contribution in [2.24, 2.45) is 5.73 Å². The summed E-state index contributed by atoms with van der Waals surface area (Å²) in [5.74, 6) is -1.09. The Balaban J connectivity index is 1.86. The minimum absolute atomic E-state index is 0.0164. The van der Waals surface area contributed by atoms with Gasteiger partial charge in [0.1, 0.15) is 12.0 Å². The van der Waals surface area contributed by atoms with Crippen LogP contribution >= 0.6 is 0 Å². The number of anilines is 1. The van der Waals surface area contributed by atoms with E-state index in [9.17, 15) is 9.59 Å². The van der Waals surface area contributed by atoms with E-state index in [4.69, 9.17) is 5.73 Å². The van der Waals surface area contributed by atoms with Gasteiger partial charge in [-0.05, 0) is 30.2 Å². The van der Waals surface area contributed by atoms with Crippen LogP contribution in [0.4, 0.5) is 5.69 Å². The maximum Gasteiger partial charge on any atom is 0.274 e. The van der Waals surface area contributed by atoms with Gasteiger partial charge in [-0.15, -0.1) is 0 Å². The number of nitrogens with one attached hydrogen (secondary N) is 1. The number of nitrogens with two attached hydrogens (primary N) is 1. The first-order valence-electron chi connectivity index (χ1n) is 8.65. The number of amides is 2. The fraction of sp³-hybridized carbons (Fsp3) is 0.0476. The topological polar surface area (TPSA) is 102 Å². The van der Waals surface area contributed by atoms with Crippen LogP contribution < -0.4 is 11.1 Å². The molecule has 4 aromatic rings. The van der Waals surface area contributed by atoms with Crippen molar-refractivity contribution in [3.05, 3.63) is 83.9 Å². The monoisotopic (exact) mass is 371 g/mol. The molecule has 0 aliphatic rings. The van der Waals surface area contributed by atoms with Gasteiger partial charge in [-0.1, -0.05) is 48.5 Å². The lowest BCUT2D eigenvalue weighted by molar-refractivity contribution is 0.0993. The summed E-state index contributed by atoms with van der Waals surface area (Å²) >= 11 is 0. The fourth-order valence-corrected chi connectivity index (χ4v) is 2.99. The first-order valence-corrected chi connectivity index (χ1v) is 8.65. The molecule has 0 aliphatic carbocycles. The molecule has 0 spiro atoms. The Morgan fingerprint density at radius 3 is 2.46 bits per heavy atom. The van der Waals surface area contributed by atoms with Gasteiger partial charge in [0.15, 0.2) is 11.3 Å². The summed E-state index contributed by atoms with van der Waals surface area (Å²) in [5.41, 5.74) is 9.01. The van der Waals surface area contributed by atoms with E-state index in [1.54, 1.807) is 10.5 Å². The maximum atomic E-state index is 12.9. The van der Waals surface area contributed by atoms with Crippen molar-refractivity contribution in [1.29, 1.82) is 0 Å². The number of aromatic nitrogens is 3. The van der Waals surface area contributed by atoms with Crippen molar-refractivity contribution in [2.45, 2.75) is 6.92 Å². The van der Waals surface area contributed by atoms with Gasteiger partial charge in [0.2, 0.25) is 0 Å². The maximum absolute atomic E-state index is 12.9. The Labute approximate surface area is 160 Å². The normalized spacial score (nSPS) is 10.8. The number of nitrogens with zero attached hydrogens (tertiary/aromatic N) is 3. The number of para-hydroxylation sites is 1. The first kappa shape index (κ1) is 17.4. The van der Waals surface area contributed by atoms with Crippen LogP contribution in [0.25, 0.3) is 16.9 Å². The summed E-state index contributed by atoms with van der Waals surface area (Å²) in [4.78, 5) is 33.1. The second-order valence-corrected chi connectivity index (χ2v) is 6.31. The molecule has 0 aliphatic heterocycles. The van der Waals surface area contributed by atoms with E-state index >= 15 is 0 Å². The van der Waals surface area contributed by atoms with Crippen molar-refractivity contribution < 1.29 is 9.59 Å². The Morgan fingerprint density at radius 1 is 1.04 bits per heavy atom. The number of primary amides is 1. The summed E-state index contributed by atoms with van der Waals surface area (Å²) in [5, 5.41) is 2.86. The number of imidazole rings is 1. The SMILES string of the molecule is Cc1ccccc1NC(=O)c1cc(-c2ccccc2)n2cnc(C(N)=O)c2n1. The zero-order valence-corrected chi connectivity index (χ0v) is 15.1. The van der Waals surface area contributed by atoms with Crippen LogP contribution in [0.3, 0.4) is 0 Å². The lowest BCUT2D eigenvalue weighted by Crippen LogP contribution is -2.17. The summed E-state index contributed by atoms with van der Waals surface area (Å²) in [6, 6.07) is 18.6. The van der Waals surface area contributed by atoms with Crippen LogP contribution in [0.5, 0.6) is 0 Å². The van der Waals surface area contributed by atoms with Gasteiger partial charge < -0.3 is 11.1 Å². The highest BCUT2D eigenvalue weighted by Gasteiger charge is 2.19. The van der Waals surface area contributed by atoms with E-state index in [0.29, 0.717) is 11.4 Å². The molecular weight excluding hydrogens is 354 g/mol. The number of hydrogen-bond donors (Lipinski definition) is 2. The molecule has 2 amide bonds. The van der Waals surface area contributed by atoms with Crippen molar-refractivity contribution in [3.8, 4) is 11.3 Å². The van der Waals surface area contributed by atoms with E-state index in [1.165, 1.54) is 6.33 Å². The zero-order valence-electron chi connectivity index (χ0n) is 15.1. The number of rotatable bonds is 4. The molecule has 138 valence electrons. The third-order valence-electron chi connectivity index (χ3n) is 4.43. The highest BCUT2D eigenvalue weighted by Crippen LogP contribution is 2.23. The van der Waals surface area contributed by atoms with Crippen LogP contribution in [0.1, 0.15) is 26.5 Å². The predicted octanol–water partition coefficient (Wildman–Crippen LogP) is 3.06. The Kier molecular flexibility index (Phi) is 4.33. The van der Waals surface area contributed by atoms with Crippen molar-refractivity contribution >= 4 is 23.1 Å². The van der Waals surface area contributed by atoms with Gasteiger partial charge in [0.05, 0.1) is 5.69 Å². The smallest absolute Gasteiger partial charge is 0.274 e. The third-order valence-corrected chi connectivity index (χ3v) is 4.43. The lowest BCUT2D eigenvalue weighted by atomic mass is 10.1. The predicted molar refractivity (Wildman–Crippen MR) is 106 cm³/mol. The molecule has 3 N–H and O–H groups in total. The lowest BCUT2D eigenvalue weighted by Gasteiger charge is -2.11. The van der Waals surface area contributed by atoms with Crippen molar-refractivity contribution in [1.82, 2.24) is 14.4 Å². The molecule has 0 fully saturated rings. The second kappa shape index (κ2) is 6.96. The molecular formula is C21H17N5O2. The van der Waals surface area contributed by atoms with Crippen molar-refractivity contribution in [2.75, 3.05) is 5.32 Å². The van der Waals surface area contributed by atoms with Crippen LogP contribution in [0.15, 0.2) is 67.0 Å². The largest absolute Gasteiger partial charge is 0.364 e. The number of benzene rings is 2. The average Bonchev–Trinajstić information content (AvgIpc) is 3.14. The van der Waals surface area contributed by atoms with Gasteiger partial charge >= 0.3 is 0 Å². The number of aryl methyl sites for hydroxylation is 1. The molecule has 0 atom stereocenters. The van der Waals surface area contributed by atoms with Gasteiger partial charge in [0.25, 0.3) is 11.8 Å². The second-order valence-electron chi connectivity index (χ2n) is 6.31. The molecule has 0 saturated heterocycles. The number of hydrogen-bond acceptors (Lipinski definition) is 4. The van der Waals surface area contributed by atoms with Crippen LogP contribution in [-0.4, -0.2) is 26.2 Å². The highest BCUT2D eigenvalue weighted by molar-refractivity contribution is 6.05. The van der Waals surface area contributed by atoms with E-state index in [1.807, 2.05) is 61.5 Å². The molecule has 7 heteroatoms. The first-order chi connectivity index (χ1) is 13.5. The zero-order chi connectivity index (χ0) is 19.7. The van der Waals surface area contributed by atoms with Gasteiger partial charge in [-0.2, -0.15) is 0 Å². The van der Waals surface area contributed by atoms with Crippen molar-refractivity contribution in [3.63, 3.8) is 0 Å². The standard InChI is InChI=1S/C21H17N5O2/c1-13-7-5-6-10-15(13)25-21(28)16-11-17(14-8-3-2-4-9-14)26-12-23-18(19(22)27)20(26)24-16/h2-12H,1H3,(H2,22,27)(H,25,28). The Morgan fingerprint density at radius 2 is 1.75 bits per heavy atom.